The Morgan fingerprint density at radius 3 is 1.54 bits per heavy atom. The number of hydrogen-bond donors (Lipinski definition) is 4. The molecule has 0 aromatic carbocycles. The Bertz CT molecular complexity index is 568. The summed E-state index contributed by atoms with van der Waals surface area (Å²) in [5.74, 6) is 0. The fourth-order valence-corrected chi connectivity index (χ4v) is 3.85. The molecule has 1 aromatic rings. The van der Waals surface area contributed by atoms with E-state index in [1.165, 1.54) is 0 Å². The van der Waals surface area contributed by atoms with Crippen LogP contribution in [0, 0.1) is 0 Å². The maximum Gasteiger partial charge on any atom is 0.339 e. The molecular formula is C13H25N3O6P2. The van der Waals surface area contributed by atoms with Crippen molar-refractivity contribution in [2.24, 2.45) is 0 Å². The predicted octanol–water partition coefficient (Wildman–Crippen LogP) is 0.996. The first-order valence-electron chi connectivity index (χ1n) is 7.51. The fourth-order valence-electron chi connectivity index (χ4n) is 2.21. The average molecular weight is 381 g/mol. The lowest BCUT2D eigenvalue weighted by atomic mass is 10.2. The molecule has 1 heterocycles. The van der Waals surface area contributed by atoms with Gasteiger partial charge in [0, 0.05) is 13.1 Å². The maximum absolute atomic E-state index is 11.1. The first-order valence-corrected chi connectivity index (χ1v) is 11.1. The van der Waals surface area contributed by atoms with Gasteiger partial charge in [-0.05, 0) is 25.2 Å². The van der Waals surface area contributed by atoms with E-state index in [4.69, 9.17) is 19.6 Å². The van der Waals surface area contributed by atoms with E-state index in [9.17, 15) is 9.13 Å². The van der Waals surface area contributed by atoms with Gasteiger partial charge < -0.3 is 19.6 Å². The van der Waals surface area contributed by atoms with Crippen LogP contribution in [0.3, 0.4) is 0 Å². The molecule has 0 aliphatic rings. The van der Waals surface area contributed by atoms with Gasteiger partial charge in [-0.3, -0.25) is 23.9 Å². The summed E-state index contributed by atoms with van der Waals surface area (Å²) >= 11 is 0. The van der Waals surface area contributed by atoms with E-state index in [-0.39, 0.29) is 12.6 Å². The second kappa shape index (κ2) is 9.17. The van der Waals surface area contributed by atoms with Crippen molar-refractivity contribution in [1.29, 1.82) is 0 Å². The van der Waals surface area contributed by atoms with E-state index >= 15 is 0 Å². The monoisotopic (exact) mass is 381 g/mol. The molecule has 0 unspecified atom stereocenters. The Balaban J connectivity index is 2.78. The Kier molecular flexibility index (Phi) is 8.19. The minimum Gasteiger partial charge on any atom is -0.324 e. The van der Waals surface area contributed by atoms with Gasteiger partial charge in [0.2, 0.25) is 0 Å². The molecule has 0 radical (unpaired) electrons. The van der Waals surface area contributed by atoms with E-state index in [2.05, 4.69) is 4.98 Å². The molecule has 0 spiro atoms. The van der Waals surface area contributed by atoms with Crippen molar-refractivity contribution in [1.82, 2.24) is 14.8 Å². The van der Waals surface area contributed by atoms with Crippen LogP contribution in [0.1, 0.15) is 25.2 Å². The summed E-state index contributed by atoms with van der Waals surface area (Å²) in [4.78, 5) is 43.9. The van der Waals surface area contributed by atoms with Crippen LogP contribution in [-0.4, -0.2) is 60.0 Å². The van der Waals surface area contributed by atoms with Crippen LogP contribution in [-0.2, 0) is 22.2 Å². The number of hydrogen-bond acceptors (Lipinski definition) is 5. The summed E-state index contributed by atoms with van der Waals surface area (Å²) in [5.41, 5.74) is 1.30. The van der Waals surface area contributed by atoms with Gasteiger partial charge in [-0.25, -0.2) is 0 Å². The van der Waals surface area contributed by atoms with Crippen LogP contribution in [0.4, 0.5) is 0 Å². The summed E-state index contributed by atoms with van der Waals surface area (Å²) in [6.07, 6.45) is -0.677. The van der Waals surface area contributed by atoms with E-state index < -0.39 is 15.2 Å². The summed E-state index contributed by atoms with van der Waals surface area (Å²) in [7, 11) is -8.27. The molecular weight excluding hydrogens is 356 g/mol. The third-order valence-corrected chi connectivity index (χ3v) is 4.84. The minimum atomic E-state index is -4.13. The van der Waals surface area contributed by atoms with Crippen molar-refractivity contribution in [3.63, 3.8) is 0 Å². The second-order valence-corrected chi connectivity index (χ2v) is 8.75. The van der Waals surface area contributed by atoms with E-state index in [0.29, 0.717) is 37.6 Å². The third-order valence-electron chi connectivity index (χ3n) is 3.30. The van der Waals surface area contributed by atoms with Crippen molar-refractivity contribution in [2.75, 3.05) is 25.7 Å². The van der Waals surface area contributed by atoms with Crippen molar-refractivity contribution >= 4 is 15.2 Å². The van der Waals surface area contributed by atoms with Crippen LogP contribution >= 0.6 is 15.2 Å². The molecule has 0 amide bonds. The predicted molar refractivity (Wildman–Crippen MR) is 90.2 cm³/mol. The van der Waals surface area contributed by atoms with Crippen LogP contribution in [0.25, 0.3) is 0 Å². The van der Waals surface area contributed by atoms with E-state index in [1.54, 1.807) is 41.8 Å². The van der Waals surface area contributed by atoms with Crippen LogP contribution < -0.4 is 0 Å². The first kappa shape index (κ1) is 21.4. The zero-order chi connectivity index (χ0) is 18.4. The maximum atomic E-state index is 11.1. The lowest BCUT2D eigenvalue weighted by molar-refractivity contribution is 0.273. The van der Waals surface area contributed by atoms with Gasteiger partial charge >= 0.3 is 15.2 Å². The molecule has 24 heavy (non-hydrogen) atoms. The molecule has 138 valence electrons. The molecule has 0 atom stereocenters. The Morgan fingerprint density at radius 2 is 1.25 bits per heavy atom. The Morgan fingerprint density at radius 1 is 0.875 bits per heavy atom. The molecule has 0 aliphatic carbocycles. The van der Waals surface area contributed by atoms with Gasteiger partial charge in [0.1, 0.15) is 12.6 Å². The average Bonchev–Trinajstić information content (AvgIpc) is 2.43. The molecule has 0 saturated carbocycles. The van der Waals surface area contributed by atoms with E-state index in [1.807, 2.05) is 0 Å². The molecule has 0 aliphatic heterocycles. The molecule has 1 aromatic heterocycles. The van der Waals surface area contributed by atoms with Crippen molar-refractivity contribution in [3.05, 3.63) is 29.6 Å². The first-order chi connectivity index (χ1) is 11.0. The van der Waals surface area contributed by atoms with Crippen molar-refractivity contribution in [2.45, 2.75) is 26.9 Å². The fraction of sp³-hybridized carbons (Fsp3) is 0.615. The quantitative estimate of drug-likeness (QED) is 0.438. The smallest absolute Gasteiger partial charge is 0.324 e. The normalized spacial score (nSPS) is 13.0. The number of aromatic nitrogens is 1. The highest BCUT2D eigenvalue weighted by Crippen LogP contribution is 2.36. The molecule has 1 rings (SSSR count). The highest BCUT2D eigenvalue weighted by molar-refractivity contribution is 7.51. The van der Waals surface area contributed by atoms with Gasteiger partial charge in [0.25, 0.3) is 0 Å². The van der Waals surface area contributed by atoms with Crippen LogP contribution in [0.2, 0.25) is 0 Å². The Hall–Kier alpha value is -0.630. The van der Waals surface area contributed by atoms with Crippen molar-refractivity contribution < 1.29 is 28.7 Å². The standard InChI is InChI=1S/C13H25N3O6P2/c1-3-15(10-23(17,18)19)8-12-6-5-7-13(14-12)9-16(4-2)11-24(20,21)22/h5-7H,3-4,8-11H2,1-2H3,(H2,17,18,19)(H2,20,21,22). The summed E-state index contributed by atoms with van der Waals surface area (Å²) < 4.78 is 22.3. The summed E-state index contributed by atoms with van der Waals surface area (Å²) in [6.45, 7) is 5.13. The lowest BCUT2D eigenvalue weighted by Crippen LogP contribution is -2.26. The van der Waals surface area contributed by atoms with Gasteiger partial charge in [-0.1, -0.05) is 19.9 Å². The molecule has 11 heteroatoms. The lowest BCUT2D eigenvalue weighted by Gasteiger charge is -2.22. The largest absolute Gasteiger partial charge is 0.339 e. The summed E-state index contributed by atoms with van der Waals surface area (Å²) in [5, 5.41) is 0. The van der Waals surface area contributed by atoms with Gasteiger partial charge in [0.05, 0.1) is 11.4 Å². The zero-order valence-corrected chi connectivity index (χ0v) is 15.6. The van der Waals surface area contributed by atoms with Gasteiger partial charge in [-0.2, -0.15) is 0 Å². The number of pyridine rings is 1. The van der Waals surface area contributed by atoms with Gasteiger partial charge in [0.15, 0.2) is 0 Å². The highest BCUT2D eigenvalue weighted by Gasteiger charge is 2.20. The van der Waals surface area contributed by atoms with E-state index in [0.717, 1.165) is 0 Å². The molecule has 0 bridgehead atoms. The molecule has 4 N–H and O–H groups in total. The Labute approximate surface area is 141 Å². The van der Waals surface area contributed by atoms with Crippen molar-refractivity contribution in [3.8, 4) is 0 Å². The SMILES string of the molecule is CCN(Cc1cccc(CN(CC)CP(=O)(O)O)n1)CP(=O)(O)O. The highest BCUT2D eigenvalue weighted by atomic mass is 31.2. The minimum absolute atomic E-state index is 0.292. The van der Waals surface area contributed by atoms with Gasteiger partial charge in [-0.15, -0.1) is 0 Å². The third kappa shape index (κ3) is 9.01. The zero-order valence-electron chi connectivity index (χ0n) is 13.8. The topological polar surface area (TPSA) is 134 Å². The van der Waals surface area contributed by atoms with Crippen LogP contribution in [0.15, 0.2) is 18.2 Å². The molecule has 0 fully saturated rings. The van der Waals surface area contributed by atoms with Crippen LogP contribution in [0.5, 0.6) is 0 Å². The number of rotatable bonds is 10. The number of nitrogens with zero attached hydrogens (tertiary/aromatic N) is 3. The molecule has 0 saturated heterocycles. The second-order valence-electron chi connectivity index (χ2n) is 5.52. The molecule has 9 nitrogen and oxygen atoms in total. The summed E-state index contributed by atoms with van der Waals surface area (Å²) in [6, 6.07) is 5.28.